The van der Waals surface area contributed by atoms with E-state index in [2.05, 4.69) is 15.9 Å². The van der Waals surface area contributed by atoms with E-state index in [9.17, 15) is 14.3 Å². The summed E-state index contributed by atoms with van der Waals surface area (Å²) in [4.78, 5) is 13.5. The van der Waals surface area contributed by atoms with Crippen LogP contribution in [0.3, 0.4) is 0 Å². The SMILES string of the molecule is CC(C)(C)OC(=O)N1CC(CO)(Cc2ccc(Br)cc2F)C1. The van der Waals surface area contributed by atoms with E-state index in [-0.39, 0.29) is 12.4 Å². The molecule has 1 heterocycles. The zero-order chi connectivity index (χ0) is 16.5. The smallest absolute Gasteiger partial charge is 0.410 e. The van der Waals surface area contributed by atoms with Crippen LogP contribution in [0, 0.1) is 11.2 Å². The fourth-order valence-electron chi connectivity index (χ4n) is 2.56. The summed E-state index contributed by atoms with van der Waals surface area (Å²) in [7, 11) is 0. The Morgan fingerprint density at radius 1 is 1.45 bits per heavy atom. The summed E-state index contributed by atoms with van der Waals surface area (Å²) in [5.74, 6) is -0.307. The van der Waals surface area contributed by atoms with Crippen molar-refractivity contribution in [1.82, 2.24) is 4.90 Å². The maximum absolute atomic E-state index is 13.9. The third kappa shape index (κ3) is 3.98. The average Bonchev–Trinajstić information content (AvgIpc) is 2.33. The number of carbonyl (C=O) groups is 1. The lowest BCUT2D eigenvalue weighted by atomic mass is 9.75. The van der Waals surface area contributed by atoms with Crippen LogP contribution in [0.2, 0.25) is 0 Å². The van der Waals surface area contributed by atoms with Gasteiger partial charge in [0, 0.05) is 23.0 Å². The number of amides is 1. The van der Waals surface area contributed by atoms with E-state index < -0.39 is 17.1 Å². The lowest BCUT2D eigenvalue weighted by Gasteiger charge is -2.49. The summed E-state index contributed by atoms with van der Waals surface area (Å²) in [5.41, 5.74) is -0.501. The topological polar surface area (TPSA) is 49.8 Å². The first-order valence-corrected chi connectivity index (χ1v) is 7.96. The van der Waals surface area contributed by atoms with E-state index in [1.165, 1.54) is 11.0 Å². The van der Waals surface area contributed by atoms with Crippen LogP contribution in [0.25, 0.3) is 0 Å². The van der Waals surface area contributed by atoms with Crippen molar-refractivity contribution in [3.05, 3.63) is 34.1 Å². The molecule has 6 heteroatoms. The predicted molar refractivity (Wildman–Crippen MR) is 85.1 cm³/mol. The Morgan fingerprint density at radius 2 is 2.09 bits per heavy atom. The summed E-state index contributed by atoms with van der Waals surface area (Å²) in [6, 6.07) is 4.88. The standard InChI is InChI=1S/C16H21BrFNO3/c1-15(2,3)22-14(21)19-8-16(9-19,10-20)7-11-4-5-12(17)6-13(11)18/h4-6,20H,7-10H2,1-3H3. The third-order valence-electron chi connectivity index (χ3n) is 3.62. The van der Waals surface area contributed by atoms with Gasteiger partial charge in [-0.3, -0.25) is 0 Å². The number of ether oxygens (including phenoxy) is 1. The van der Waals surface area contributed by atoms with Crippen molar-refractivity contribution in [3.8, 4) is 0 Å². The van der Waals surface area contributed by atoms with E-state index >= 15 is 0 Å². The highest BCUT2D eigenvalue weighted by molar-refractivity contribution is 9.10. The van der Waals surface area contributed by atoms with Gasteiger partial charge in [-0.2, -0.15) is 0 Å². The fourth-order valence-corrected chi connectivity index (χ4v) is 2.89. The molecule has 0 spiro atoms. The Hall–Kier alpha value is -1.14. The van der Waals surface area contributed by atoms with Crippen molar-refractivity contribution in [2.75, 3.05) is 19.7 Å². The van der Waals surface area contributed by atoms with Gasteiger partial charge in [-0.15, -0.1) is 0 Å². The fraction of sp³-hybridized carbons (Fsp3) is 0.562. The van der Waals surface area contributed by atoms with Crippen LogP contribution < -0.4 is 0 Å². The number of hydrogen-bond donors (Lipinski definition) is 1. The first-order valence-electron chi connectivity index (χ1n) is 7.17. The Labute approximate surface area is 138 Å². The maximum Gasteiger partial charge on any atom is 0.410 e. The number of benzene rings is 1. The molecular weight excluding hydrogens is 353 g/mol. The van der Waals surface area contributed by atoms with E-state index in [0.717, 1.165) is 0 Å². The number of carbonyl (C=O) groups excluding carboxylic acids is 1. The molecule has 0 radical (unpaired) electrons. The minimum atomic E-state index is -0.549. The minimum absolute atomic E-state index is 0.0954. The molecule has 4 nitrogen and oxygen atoms in total. The Morgan fingerprint density at radius 3 is 2.59 bits per heavy atom. The van der Waals surface area contributed by atoms with E-state index in [0.29, 0.717) is 29.5 Å². The van der Waals surface area contributed by atoms with Gasteiger partial charge >= 0.3 is 6.09 Å². The molecule has 122 valence electrons. The first kappa shape index (κ1) is 17.2. The van der Waals surface area contributed by atoms with Crippen molar-refractivity contribution in [2.45, 2.75) is 32.8 Å². The summed E-state index contributed by atoms with van der Waals surface area (Å²) in [6.07, 6.45) is -0.00472. The van der Waals surface area contributed by atoms with Gasteiger partial charge in [0.15, 0.2) is 0 Å². The van der Waals surface area contributed by atoms with Gasteiger partial charge in [-0.05, 0) is 44.9 Å². The molecule has 0 aromatic heterocycles. The normalized spacial score (nSPS) is 17.1. The van der Waals surface area contributed by atoms with Gasteiger partial charge in [0.1, 0.15) is 11.4 Å². The first-order chi connectivity index (χ1) is 10.1. The molecule has 0 aliphatic carbocycles. The molecule has 1 fully saturated rings. The molecular formula is C16H21BrFNO3. The Kier molecular flexibility index (Phi) is 4.82. The van der Waals surface area contributed by atoms with Crippen LogP contribution in [0.15, 0.2) is 22.7 Å². The molecule has 0 saturated carbocycles. The second-order valence-electron chi connectivity index (χ2n) is 6.91. The van der Waals surface area contributed by atoms with Gasteiger partial charge in [-0.1, -0.05) is 22.0 Å². The summed E-state index contributed by atoms with van der Waals surface area (Å²) in [5, 5.41) is 9.66. The second-order valence-corrected chi connectivity index (χ2v) is 7.82. The zero-order valence-corrected chi connectivity index (χ0v) is 14.6. The minimum Gasteiger partial charge on any atom is -0.444 e. The maximum atomic E-state index is 13.9. The van der Waals surface area contributed by atoms with Crippen LogP contribution in [0.5, 0.6) is 0 Å². The monoisotopic (exact) mass is 373 g/mol. The Balaban J connectivity index is 2.00. The number of nitrogens with zero attached hydrogens (tertiary/aromatic N) is 1. The largest absolute Gasteiger partial charge is 0.444 e. The van der Waals surface area contributed by atoms with Gasteiger partial charge in [0.25, 0.3) is 0 Å². The summed E-state index contributed by atoms with van der Waals surface area (Å²) < 4.78 is 19.9. The van der Waals surface area contributed by atoms with Crippen molar-refractivity contribution in [1.29, 1.82) is 0 Å². The van der Waals surface area contributed by atoms with Gasteiger partial charge < -0.3 is 14.7 Å². The van der Waals surface area contributed by atoms with E-state index in [1.807, 2.05) is 0 Å². The summed E-state index contributed by atoms with van der Waals surface area (Å²) >= 11 is 3.22. The number of likely N-dealkylation sites (tertiary alicyclic amines) is 1. The lowest BCUT2D eigenvalue weighted by Crippen LogP contribution is -2.61. The molecule has 2 rings (SSSR count). The number of aliphatic hydroxyl groups is 1. The quantitative estimate of drug-likeness (QED) is 0.883. The van der Waals surface area contributed by atoms with E-state index in [4.69, 9.17) is 4.74 Å². The molecule has 1 saturated heterocycles. The Bertz CT molecular complexity index is 565. The van der Waals surface area contributed by atoms with Crippen molar-refractivity contribution >= 4 is 22.0 Å². The highest BCUT2D eigenvalue weighted by Gasteiger charge is 2.46. The van der Waals surface area contributed by atoms with Crippen molar-refractivity contribution < 1.29 is 19.0 Å². The van der Waals surface area contributed by atoms with E-state index in [1.54, 1.807) is 32.9 Å². The molecule has 1 aliphatic rings. The molecule has 1 N–H and O–H groups in total. The highest BCUT2D eigenvalue weighted by atomic mass is 79.9. The predicted octanol–water partition coefficient (Wildman–Crippen LogP) is 3.36. The molecule has 0 atom stereocenters. The van der Waals surface area contributed by atoms with Crippen molar-refractivity contribution in [3.63, 3.8) is 0 Å². The molecule has 1 aromatic carbocycles. The average molecular weight is 374 g/mol. The second kappa shape index (κ2) is 6.16. The van der Waals surface area contributed by atoms with Crippen LogP contribution in [0.4, 0.5) is 9.18 Å². The van der Waals surface area contributed by atoms with Crippen molar-refractivity contribution in [2.24, 2.45) is 5.41 Å². The number of rotatable bonds is 3. The third-order valence-corrected chi connectivity index (χ3v) is 4.11. The molecule has 1 aromatic rings. The van der Waals surface area contributed by atoms with Crippen LogP contribution in [-0.2, 0) is 11.2 Å². The van der Waals surface area contributed by atoms with Crippen LogP contribution in [-0.4, -0.2) is 41.4 Å². The highest BCUT2D eigenvalue weighted by Crippen LogP contribution is 2.35. The molecule has 0 unspecified atom stereocenters. The van der Waals surface area contributed by atoms with Crippen LogP contribution >= 0.6 is 15.9 Å². The lowest BCUT2D eigenvalue weighted by molar-refractivity contribution is -0.0557. The summed E-state index contributed by atoms with van der Waals surface area (Å²) in [6.45, 7) is 6.06. The van der Waals surface area contributed by atoms with Crippen LogP contribution in [0.1, 0.15) is 26.3 Å². The molecule has 0 bridgehead atoms. The van der Waals surface area contributed by atoms with Gasteiger partial charge in [-0.25, -0.2) is 9.18 Å². The van der Waals surface area contributed by atoms with Gasteiger partial charge in [0.2, 0.25) is 0 Å². The number of halogens is 2. The molecule has 22 heavy (non-hydrogen) atoms. The molecule has 1 aliphatic heterocycles. The number of aliphatic hydroxyl groups excluding tert-OH is 1. The molecule has 1 amide bonds. The van der Waals surface area contributed by atoms with Gasteiger partial charge in [0.05, 0.1) is 6.61 Å². The number of hydrogen-bond acceptors (Lipinski definition) is 3. The zero-order valence-electron chi connectivity index (χ0n) is 13.0.